The number of carbonyl (C=O) groups excluding carboxylic acids is 1. The minimum absolute atomic E-state index is 0.198. The van der Waals surface area contributed by atoms with Crippen molar-refractivity contribution < 1.29 is 4.79 Å². The summed E-state index contributed by atoms with van der Waals surface area (Å²) < 4.78 is 0. The normalized spacial score (nSPS) is 10.9. The summed E-state index contributed by atoms with van der Waals surface area (Å²) in [6.07, 6.45) is 2.78. The van der Waals surface area contributed by atoms with E-state index in [1.807, 2.05) is 42.7 Å². The Morgan fingerprint density at radius 2 is 1.81 bits per heavy atom. The average Bonchev–Trinajstić information content (AvgIpc) is 2.82. The fourth-order valence-electron chi connectivity index (χ4n) is 3.09. The van der Waals surface area contributed by atoms with Crippen molar-refractivity contribution in [2.24, 2.45) is 0 Å². The van der Waals surface area contributed by atoms with Gasteiger partial charge in [-0.05, 0) is 61.2 Å². The van der Waals surface area contributed by atoms with Crippen molar-refractivity contribution in [3.05, 3.63) is 76.6 Å². The van der Waals surface area contributed by atoms with E-state index >= 15 is 0 Å². The van der Waals surface area contributed by atoms with Gasteiger partial charge in [0.25, 0.3) is 5.91 Å². The molecule has 4 aromatic rings. The molecule has 0 aliphatic rings. The number of pyridine rings is 2. The van der Waals surface area contributed by atoms with Crippen molar-refractivity contribution in [2.45, 2.75) is 24.8 Å². The van der Waals surface area contributed by atoms with E-state index in [2.05, 4.69) is 27.4 Å². The zero-order chi connectivity index (χ0) is 21.8. The Balaban J connectivity index is 1.53. The lowest BCUT2D eigenvalue weighted by Crippen LogP contribution is -2.23. The van der Waals surface area contributed by atoms with Crippen LogP contribution < -0.4 is 5.32 Å². The van der Waals surface area contributed by atoms with Crippen LogP contribution >= 0.6 is 23.4 Å². The molecule has 0 radical (unpaired) electrons. The number of amides is 1. The molecule has 0 aliphatic carbocycles. The molecule has 0 saturated heterocycles. The van der Waals surface area contributed by atoms with Gasteiger partial charge in [-0.25, -0.2) is 4.98 Å². The summed E-state index contributed by atoms with van der Waals surface area (Å²) in [4.78, 5) is 22.7. The Bertz CT molecular complexity index is 1260. The van der Waals surface area contributed by atoms with Crippen molar-refractivity contribution in [1.29, 1.82) is 0 Å². The van der Waals surface area contributed by atoms with E-state index < -0.39 is 0 Å². The highest BCUT2D eigenvalue weighted by Gasteiger charge is 2.10. The third-order valence-electron chi connectivity index (χ3n) is 4.77. The van der Waals surface area contributed by atoms with Crippen LogP contribution in [-0.2, 0) is 13.0 Å². The molecule has 6 nitrogen and oxygen atoms in total. The smallest absolute Gasteiger partial charge is 0.251 e. The quantitative estimate of drug-likeness (QED) is 0.419. The number of benzene rings is 1. The lowest BCUT2D eigenvalue weighted by molar-refractivity contribution is 0.0950. The molecule has 156 valence electrons. The minimum atomic E-state index is -0.198. The van der Waals surface area contributed by atoms with Gasteiger partial charge >= 0.3 is 0 Å². The topological polar surface area (TPSA) is 80.7 Å². The first-order chi connectivity index (χ1) is 15.1. The van der Waals surface area contributed by atoms with Gasteiger partial charge in [0.1, 0.15) is 5.52 Å². The van der Waals surface area contributed by atoms with Gasteiger partial charge in [-0.15, -0.1) is 16.9 Å². The van der Waals surface area contributed by atoms with E-state index in [1.165, 1.54) is 11.8 Å². The lowest BCUT2D eigenvalue weighted by Gasteiger charge is -2.08. The highest BCUT2D eigenvalue weighted by Crippen LogP contribution is 2.26. The van der Waals surface area contributed by atoms with Crippen LogP contribution in [0.1, 0.15) is 28.7 Å². The molecular weight excluding hydrogens is 430 g/mol. The first-order valence-corrected chi connectivity index (χ1v) is 11.4. The second kappa shape index (κ2) is 9.41. The van der Waals surface area contributed by atoms with E-state index in [-0.39, 0.29) is 12.5 Å². The Morgan fingerprint density at radius 1 is 0.968 bits per heavy atom. The standard InChI is InChI=1S/C23H20ClN5OS/c1-3-15-5-4-6-18(26-15)19-9-10-20-21(27-19)12-16(28-29-20)13-25-23(30)14-7-8-17(24)22(11-14)31-2/h4-12H,3,13H2,1-2H3,(H,25,30). The third-order valence-corrected chi connectivity index (χ3v) is 5.99. The average molecular weight is 450 g/mol. The number of aromatic nitrogens is 4. The zero-order valence-electron chi connectivity index (χ0n) is 17.1. The number of halogens is 1. The predicted molar refractivity (Wildman–Crippen MR) is 124 cm³/mol. The van der Waals surface area contributed by atoms with Crippen LogP contribution in [0.15, 0.2) is 59.5 Å². The van der Waals surface area contributed by atoms with Gasteiger partial charge < -0.3 is 5.32 Å². The minimum Gasteiger partial charge on any atom is -0.346 e. The molecule has 0 aliphatic heterocycles. The van der Waals surface area contributed by atoms with Crippen LogP contribution in [0.4, 0.5) is 0 Å². The van der Waals surface area contributed by atoms with Gasteiger partial charge in [0.2, 0.25) is 0 Å². The summed E-state index contributed by atoms with van der Waals surface area (Å²) in [7, 11) is 0. The first kappa shape index (κ1) is 21.2. The van der Waals surface area contributed by atoms with Crippen LogP contribution in [0.25, 0.3) is 22.4 Å². The van der Waals surface area contributed by atoms with Gasteiger partial charge in [0, 0.05) is 16.2 Å². The van der Waals surface area contributed by atoms with Crippen LogP contribution in [0, 0.1) is 0 Å². The van der Waals surface area contributed by atoms with Crippen LogP contribution in [0.5, 0.6) is 0 Å². The molecule has 0 bridgehead atoms. The van der Waals surface area contributed by atoms with Gasteiger partial charge in [-0.2, -0.15) is 5.10 Å². The number of nitrogens with zero attached hydrogens (tertiary/aromatic N) is 4. The molecule has 3 heterocycles. The molecule has 4 rings (SSSR count). The third kappa shape index (κ3) is 4.84. The Hall–Kier alpha value is -3.03. The van der Waals surface area contributed by atoms with E-state index in [0.29, 0.717) is 27.3 Å². The predicted octanol–water partition coefficient (Wildman–Crippen LogP) is 4.95. The number of hydrogen-bond acceptors (Lipinski definition) is 6. The molecule has 1 aromatic carbocycles. The molecule has 1 N–H and O–H groups in total. The highest BCUT2D eigenvalue weighted by atomic mass is 35.5. The number of rotatable bonds is 6. The molecule has 8 heteroatoms. The SMILES string of the molecule is CCc1cccc(-c2ccc3nnc(CNC(=O)c4ccc(Cl)c(SC)c4)cc3n2)n1. The van der Waals surface area contributed by atoms with Crippen LogP contribution in [0.2, 0.25) is 5.02 Å². The molecule has 0 atom stereocenters. The van der Waals surface area contributed by atoms with Gasteiger partial charge in [0.05, 0.1) is 34.2 Å². The summed E-state index contributed by atoms with van der Waals surface area (Å²) in [5, 5.41) is 11.9. The van der Waals surface area contributed by atoms with Crippen LogP contribution in [-0.4, -0.2) is 32.3 Å². The summed E-state index contributed by atoms with van der Waals surface area (Å²) in [5.74, 6) is -0.198. The Labute approximate surface area is 189 Å². The van der Waals surface area contributed by atoms with E-state index in [1.54, 1.807) is 18.2 Å². The number of nitrogens with one attached hydrogen (secondary N) is 1. The Kier molecular flexibility index (Phi) is 6.44. The maximum Gasteiger partial charge on any atom is 0.251 e. The van der Waals surface area contributed by atoms with Gasteiger partial charge in [0.15, 0.2) is 0 Å². The van der Waals surface area contributed by atoms with E-state index in [9.17, 15) is 4.79 Å². The fourth-order valence-corrected chi connectivity index (χ4v) is 3.94. The van der Waals surface area contributed by atoms with Crippen LogP contribution in [0.3, 0.4) is 0 Å². The molecule has 0 saturated carbocycles. The van der Waals surface area contributed by atoms with Gasteiger partial charge in [-0.3, -0.25) is 9.78 Å². The molecular formula is C23H20ClN5OS. The first-order valence-electron chi connectivity index (χ1n) is 9.78. The number of carbonyl (C=O) groups is 1. The maximum atomic E-state index is 12.5. The molecule has 1 amide bonds. The van der Waals surface area contributed by atoms with E-state index in [4.69, 9.17) is 16.6 Å². The van der Waals surface area contributed by atoms with Crippen molar-refractivity contribution in [1.82, 2.24) is 25.5 Å². The van der Waals surface area contributed by atoms with E-state index in [0.717, 1.165) is 28.4 Å². The second-order valence-corrected chi connectivity index (χ2v) is 8.09. The Morgan fingerprint density at radius 3 is 2.61 bits per heavy atom. The summed E-state index contributed by atoms with van der Waals surface area (Å²) in [5.41, 5.74) is 5.17. The molecule has 3 aromatic heterocycles. The maximum absolute atomic E-state index is 12.5. The molecule has 0 unspecified atom stereocenters. The zero-order valence-corrected chi connectivity index (χ0v) is 18.7. The second-order valence-electron chi connectivity index (χ2n) is 6.84. The number of thioether (sulfide) groups is 1. The monoisotopic (exact) mass is 449 g/mol. The van der Waals surface area contributed by atoms with Gasteiger partial charge in [-0.1, -0.05) is 24.6 Å². The number of aryl methyl sites for hydroxylation is 1. The highest BCUT2D eigenvalue weighted by molar-refractivity contribution is 7.98. The largest absolute Gasteiger partial charge is 0.346 e. The summed E-state index contributed by atoms with van der Waals surface area (Å²) in [6, 6.07) is 16.7. The lowest BCUT2D eigenvalue weighted by atomic mass is 10.2. The molecule has 31 heavy (non-hydrogen) atoms. The van der Waals surface area contributed by atoms with Crippen molar-refractivity contribution in [3.63, 3.8) is 0 Å². The number of hydrogen-bond donors (Lipinski definition) is 1. The summed E-state index contributed by atoms with van der Waals surface area (Å²) in [6.45, 7) is 2.32. The van der Waals surface area contributed by atoms with Crippen molar-refractivity contribution in [3.8, 4) is 11.4 Å². The summed E-state index contributed by atoms with van der Waals surface area (Å²) >= 11 is 7.62. The van der Waals surface area contributed by atoms with Crippen molar-refractivity contribution >= 4 is 40.3 Å². The fraction of sp³-hybridized carbons (Fsp3) is 0.174. The number of fused-ring (bicyclic) bond motifs is 1. The molecule has 0 fully saturated rings. The molecule has 0 spiro atoms. The van der Waals surface area contributed by atoms with Crippen molar-refractivity contribution in [2.75, 3.05) is 6.26 Å².